The predicted molar refractivity (Wildman–Crippen MR) is 87.8 cm³/mol. The molecule has 0 aliphatic carbocycles. The van der Waals surface area contributed by atoms with Crippen LogP contribution in [-0.4, -0.2) is 35.0 Å². The Morgan fingerprint density at radius 3 is 2.50 bits per heavy atom. The van der Waals surface area contributed by atoms with Crippen molar-refractivity contribution in [3.05, 3.63) is 59.4 Å². The Morgan fingerprint density at radius 1 is 1.18 bits per heavy atom. The van der Waals surface area contributed by atoms with Gasteiger partial charge in [0, 0.05) is 31.7 Å². The molecule has 1 aromatic carbocycles. The molecule has 2 heterocycles. The lowest BCUT2D eigenvalue weighted by Gasteiger charge is -2.17. The topological polar surface area (TPSA) is 51.3 Å². The van der Waals surface area contributed by atoms with E-state index < -0.39 is 0 Å². The molecule has 2 N–H and O–H groups in total. The van der Waals surface area contributed by atoms with Gasteiger partial charge in [-0.3, -0.25) is 4.79 Å². The second kappa shape index (κ2) is 5.97. The van der Waals surface area contributed by atoms with E-state index in [9.17, 15) is 4.79 Å². The van der Waals surface area contributed by atoms with E-state index in [2.05, 4.69) is 12.1 Å². The molecule has 0 unspecified atom stereocenters. The fraction of sp³-hybridized carbons (Fsp3) is 0.389. The van der Waals surface area contributed by atoms with Crippen LogP contribution >= 0.6 is 0 Å². The summed E-state index contributed by atoms with van der Waals surface area (Å²) in [5.74, 6) is 0.761. The van der Waals surface area contributed by atoms with Gasteiger partial charge in [0.15, 0.2) is 0 Å². The highest BCUT2D eigenvalue weighted by molar-refractivity contribution is 5.93. The number of nitrogens with two attached hydrogens (primary N) is 1. The van der Waals surface area contributed by atoms with Gasteiger partial charge >= 0.3 is 0 Å². The second-order valence-corrected chi connectivity index (χ2v) is 6.14. The van der Waals surface area contributed by atoms with Crippen LogP contribution in [0.25, 0.3) is 0 Å². The van der Waals surface area contributed by atoms with Gasteiger partial charge in [-0.2, -0.15) is 0 Å². The van der Waals surface area contributed by atoms with Crippen LogP contribution < -0.4 is 5.73 Å². The molecule has 3 rings (SSSR count). The molecule has 4 heteroatoms. The molecule has 0 radical (unpaired) electrons. The number of aromatic nitrogens is 1. The lowest BCUT2D eigenvalue weighted by atomic mass is 9.89. The van der Waals surface area contributed by atoms with E-state index in [1.807, 2.05) is 53.8 Å². The van der Waals surface area contributed by atoms with E-state index in [0.29, 0.717) is 18.4 Å². The lowest BCUT2D eigenvalue weighted by molar-refractivity contribution is 0.0776. The molecule has 116 valence electrons. The summed E-state index contributed by atoms with van der Waals surface area (Å²) < 4.78 is 1.95. The molecule has 1 aliphatic rings. The Hall–Kier alpha value is -2.07. The van der Waals surface area contributed by atoms with E-state index in [0.717, 1.165) is 24.5 Å². The van der Waals surface area contributed by atoms with Gasteiger partial charge in [0.05, 0.1) is 0 Å². The molecule has 1 aliphatic heterocycles. The number of aryl methyl sites for hydroxylation is 1. The fourth-order valence-corrected chi connectivity index (χ4v) is 3.34. The van der Waals surface area contributed by atoms with Crippen molar-refractivity contribution >= 4 is 5.91 Å². The molecule has 1 saturated heterocycles. The zero-order chi connectivity index (χ0) is 15.7. The number of hydrogen-bond donors (Lipinski definition) is 1. The first-order valence-electron chi connectivity index (χ1n) is 7.78. The molecule has 0 bridgehead atoms. The summed E-state index contributed by atoms with van der Waals surface area (Å²) >= 11 is 0. The Bertz CT molecular complexity index is 662. The number of benzene rings is 1. The highest BCUT2D eigenvalue weighted by Crippen LogP contribution is 2.32. The van der Waals surface area contributed by atoms with Gasteiger partial charge in [-0.1, -0.05) is 30.3 Å². The van der Waals surface area contributed by atoms with Crippen molar-refractivity contribution in [2.24, 2.45) is 18.7 Å². The Morgan fingerprint density at radius 2 is 1.91 bits per heavy atom. The Kier molecular flexibility index (Phi) is 4.03. The van der Waals surface area contributed by atoms with Crippen LogP contribution in [0.15, 0.2) is 42.5 Å². The number of likely N-dealkylation sites (tertiary alicyclic amines) is 1. The third-order valence-electron chi connectivity index (χ3n) is 4.85. The van der Waals surface area contributed by atoms with Crippen molar-refractivity contribution in [3.63, 3.8) is 0 Å². The van der Waals surface area contributed by atoms with Crippen molar-refractivity contribution < 1.29 is 4.79 Å². The van der Waals surface area contributed by atoms with Gasteiger partial charge in [0.25, 0.3) is 5.91 Å². The highest BCUT2D eigenvalue weighted by Gasteiger charge is 2.36. The number of carbonyl (C=O) groups excluding carboxylic acids is 1. The van der Waals surface area contributed by atoms with E-state index in [1.165, 1.54) is 5.56 Å². The van der Waals surface area contributed by atoms with Gasteiger partial charge in [0.2, 0.25) is 0 Å². The monoisotopic (exact) mass is 297 g/mol. The number of hydrogen-bond acceptors (Lipinski definition) is 2. The first-order chi connectivity index (χ1) is 10.6. The van der Waals surface area contributed by atoms with E-state index in [1.54, 1.807) is 0 Å². The van der Waals surface area contributed by atoms with Crippen LogP contribution in [0.2, 0.25) is 0 Å². The van der Waals surface area contributed by atoms with Crippen LogP contribution in [0.3, 0.4) is 0 Å². The maximum Gasteiger partial charge on any atom is 0.270 e. The number of carbonyl (C=O) groups is 1. The summed E-state index contributed by atoms with van der Waals surface area (Å²) in [6.45, 7) is 4.10. The largest absolute Gasteiger partial charge is 0.344 e. The summed E-state index contributed by atoms with van der Waals surface area (Å²) in [4.78, 5) is 14.7. The van der Waals surface area contributed by atoms with Gasteiger partial charge in [-0.15, -0.1) is 0 Å². The minimum absolute atomic E-state index is 0.104. The SMILES string of the molecule is Cc1ccc(C(=O)N2C[C@@H](CN)[C@H](c3ccccc3)C2)n1C. The third-order valence-corrected chi connectivity index (χ3v) is 4.85. The summed E-state index contributed by atoms with van der Waals surface area (Å²) in [5.41, 5.74) is 9.07. The summed E-state index contributed by atoms with van der Waals surface area (Å²) in [5, 5.41) is 0. The molecular formula is C18H23N3O. The minimum atomic E-state index is 0.104. The average molecular weight is 297 g/mol. The molecule has 1 amide bonds. The Balaban J connectivity index is 1.82. The maximum absolute atomic E-state index is 12.8. The van der Waals surface area contributed by atoms with Gasteiger partial charge in [-0.05, 0) is 37.1 Å². The van der Waals surface area contributed by atoms with Crippen LogP contribution in [0.5, 0.6) is 0 Å². The van der Waals surface area contributed by atoms with Crippen LogP contribution in [-0.2, 0) is 7.05 Å². The first-order valence-corrected chi connectivity index (χ1v) is 7.78. The number of rotatable bonds is 3. The zero-order valence-corrected chi connectivity index (χ0v) is 13.2. The van der Waals surface area contributed by atoms with Crippen LogP contribution in [0, 0.1) is 12.8 Å². The predicted octanol–water partition coefficient (Wildman–Crippen LogP) is 2.15. The fourth-order valence-electron chi connectivity index (χ4n) is 3.34. The average Bonchev–Trinajstić information content (AvgIpc) is 3.12. The van der Waals surface area contributed by atoms with Crippen molar-refractivity contribution in [2.45, 2.75) is 12.8 Å². The smallest absolute Gasteiger partial charge is 0.270 e. The van der Waals surface area contributed by atoms with Crippen LogP contribution in [0.4, 0.5) is 0 Å². The quantitative estimate of drug-likeness (QED) is 0.944. The summed E-state index contributed by atoms with van der Waals surface area (Å²) in [7, 11) is 1.94. The van der Waals surface area contributed by atoms with E-state index in [4.69, 9.17) is 5.73 Å². The molecule has 0 spiro atoms. The lowest BCUT2D eigenvalue weighted by Crippen LogP contribution is -2.31. The number of amides is 1. The van der Waals surface area contributed by atoms with Gasteiger partial charge < -0.3 is 15.2 Å². The normalized spacial score (nSPS) is 21.3. The van der Waals surface area contributed by atoms with Gasteiger partial charge in [0.1, 0.15) is 5.69 Å². The van der Waals surface area contributed by atoms with Crippen molar-refractivity contribution in [3.8, 4) is 0 Å². The molecule has 1 aromatic heterocycles. The van der Waals surface area contributed by atoms with Crippen molar-refractivity contribution in [1.82, 2.24) is 9.47 Å². The van der Waals surface area contributed by atoms with E-state index in [-0.39, 0.29) is 5.91 Å². The van der Waals surface area contributed by atoms with E-state index >= 15 is 0 Å². The van der Waals surface area contributed by atoms with Crippen molar-refractivity contribution in [1.29, 1.82) is 0 Å². The highest BCUT2D eigenvalue weighted by atomic mass is 16.2. The molecule has 0 saturated carbocycles. The molecule has 2 aromatic rings. The van der Waals surface area contributed by atoms with Gasteiger partial charge in [-0.25, -0.2) is 0 Å². The molecule has 4 nitrogen and oxygen atoms in total. The van der Waals surface area contributed by atoms with Crippen molar-refractivity contribution in [2.75, 3.05) is 19.6 Å². The zero-order valence-electron chi connectivity index (χ0n) is 13.2. The standard InChI is InChI=1S/C18H23N3O/c1-13-8-9-17(20(13)2)18(22)21-11-15(10-19)16(12-21)14-6-4-3-5-7-14/h3-9,15-16H,10-12,19H2,1-2H3/t15-,16+/m1/s1. The Labute approximate surface area is 131 Å². The molecule has 2 atom stereocenters. The molecule has 22 heavy (non-hydrogen) atoms. The molecular weight excluding hydrogens is 274 g/mol. The summed E-state index contributed by atoms with van der Waals surface area (Å²) in [6.07, 6.45) is 0. The first kappa shape index (κ1) is 14.9. The summed E-state index contributed by atoms with van der Waals surface area (Å²) in [6, 6.07) is 14.3. The third kappa shape index (κ3) is 2.55. The van der Waals surface area contributed by atoms with Crippen LogP contribution in [0.1, 0.15) is 27.7 Å². The number of nitrogens with zero attached hydrogens (tertiary/aromatic N) is 2. The maximum atomic E-state index is 12.8. The second-order valence-electron chi connectivity index (χ2n) is 6.14. The minimum Gasteiger partial charge on any atom is -0.344 e. The molecule has 1 fully saturated rings.